The number of nitrogens with zero attached hydrogens (tertiary/aromatic N) is 1. The van der Waals surface area contributed by atoms with E-state index in [4.69, 9.17) is 4.84 Å². The van der Waals surface area contributed by atoms with E-state index in [0.717, 1.165) is 44.7 Å². The monoisotopic (exact) mass is 365 g/mol. The number of hydrogen-bond acceptors (Lipinski definition) is 4. The lowest BCUT2D eigenvalue weighted by Gasteiger charge is -2.01. The maximum absolute atomic E-state index is 11.7. The van der Waals surface area contributed by atoms with Crippen molar-refractivity contribution in [3.05, 3.63) is 71.8 Å². The molecule has 4 nitrogen and oxygen atoms in total. The molecule has 0 aromatic heterocycles. The quantitative estimate of drug-likeness (QED) is 0.232. The van der Waals surface area contributed by atoms with Gasteiger partial charge in [0, 0.05) is 12.8 Å². The van der Waals surface area contributed by atoms with E-state index in [2.05, 4.69) is 29.4 Å². The Morgan fingerprint density at radius 1 is 0.741 bits per heavy atom. The molecule has 0 fully saturated rings. The second-order valence-corrected chi connectivity index (χ2v) is 6.55. The Bertz CT molecular complexity index is 711. The molecule has 27 heavy (non-hydrogen) atoms. The number of oxime groups is 1. The van der Waals surface area contributed by atoms with Gasteiger partial charge in [-0.15, -0.1) is 0 Å². The van der Waals surface area contributed by atoms with Crippen molar-refractivity contribution in [1.82, 2.24) is 0 Å². The number of hydrogen-bond donors (Lipinski definition) is 0. The highest BCUT2D eigenvalue weighted by Gasteiger charge is 2.04. The summed E-state index contributed by atoms with van der Waals surface area (Å²) in [7, 11) is 0. The summed E-state index contributed by atoms with van der Waals surface area (Å²) in [4.78, 5) is 28.1. The molecule has 2 aromatic carbocycles. The fourth-order valence-corrected chi connectivity index (χ4v) is 2.77. The Kier molecular flexibility index (Phi) is 9.58. The third kappa shape index (κ3) is 9.50. The Labute approximate surface area is 161 Å². The molecule has 2 rings (SSSR count). The van der Waals surface area contributed by atoms with Crippen LogP contribution in [0.5, 0.6) is 0 Å². The Hall–Kier alpha value is -2.75. The van der Waals surface area contributed by atoms with Crippen molar-refractivity contribution in [2.45, 2.75) is 51.4 Å². The molecule has 0 spiro atoms. The molecule has 0 bridgehead atoms. The first-order valence-corrected chi connectivity index (χ1v) is 9.58. The highest BCUT2D eigenvalue weighted by molar-refractivity contribution is 6.27. The molecule has 0 atom stereocenters. The lowest BCUT2D eigenvalue weighted by Crippen LogP contribution is -2.04. The predicted octanol–water partition coefficient (Wildman–Crippen LogP) is 4.91. The van der Waals surface area contributed by atoms with Crippen LogP contribution in [0.3, 0.4) is 0 Å². The Balaban J connectivity index is 1.49. The van der Waals surface area contributed by atoms with Crippen molar-refractivity contribution in [3.63, 3.8) is 0 Å². The minimum absolute atomic E-state index is 0.111. The van der Waals surface area contributed by atoms with E-state index in [9.17, 15) is 9.59 Å². The van der Waals surface area contributed by atoms with Crippen LogP contribution in [0, 0.1) is 0 Å². The van der Waals surface area contributed by atoms with Crippen LogP contribution in [0.1, 0.15) is 49.7 Å². The van der Waals surface area contributed by atoms with Crippen LogP contribution in [0.25, 0.3) is 0 Å². The number of carbonyl (C=O) groups is 2. The Morgan fingerprint density at radius 2 is 1.26 bits per heavy atom. The van der Waals surface area contributed by atoms with Gasteiger partial charge in [0.05, 0.1) is 0 Å². The van der Waals surface area contributed by atoms with Crippen molar-refractivity contribution in [1.29, 1.82) is 0 Å². The number of unbranched alkanes of at least 4 members (excludes halogenated alkanes) is 2. The lowest BCUT2D eigenvalue weighted by molar-refractivity contribution is -0.143. The first-order valence-electron chi connectivity index (χ1n) is 9.58. The van der Waals surface area contributed by atoms with Gasteiger partial charge in [0.2, 0.25) is 0 Å². The maximum Gasteiger partial charge on any atom is 0.335 e. The smallest absolute Gasteiger partial charge is 0.318 e. The van der Waals surface area contributed by atoms with E-state index in [1.807, 2.05) is 36.4 Å². The van der Waals surface area contributed by atoms with Gasteiger partial charge in [0.25, 0.3) is 0 Å². The van der Waals surface area contributed by atoms with E-state index in [0.29, 0.717) is 12.8 Å². The summed E-state index contributed by atoms with van der Waals surface area (Å²) >= 11 is 0. The van der Waals surface area contributed by atoms with Crippen LogP contribution in [0.4, 0.5) is 0 Å². The van der Waals surface area contributed by atoms with Gasteiger partial charge >= 0.3 is 5.97 Å². The summed E-state index contributed by atoms with van der Waals surface area (Å²) in [5.41, 5.74) is 2.54. The van der Waals surface area contributed by atoms with Gasteiger partial charge in [0.15, 0.2) is 5.78 Å². The molecule has 0 N–H and O–H groups in total. The first kappa shape index (κ1) is 20.6. The second-order valence-electron chi connectivity index (χ2n) is 6.55. The predicted molar refractivity (Wildman–Crippen MR) is 108 cm³/mol. The van der Waals surface area contributed by atoms with Crippen LogP contribution in [-0.2, 0) is 27.3 Å². The molecule has 0 unspecified atom stereocenters. The van der Waals surface area contributed by atoms with Crippen molar-refractivity contribution < 1.29 is 14.4 Å². The van der Waals surface area contributed by atoms with Gasteiger partial charge in [-0.05, 0) is 49.7 Å². The summed E-state index contributed by atoms with van der Waals surface area (Å²) in [6, 6.07) is 20.4. The van der Waals surface area contributed by atoms with E-state index in [1.54, 1.807) is 0 Å². The van der Waals surface area contributed by atoms with Gasteiger partial charge in [-0.3, -0.25) is 4.79 Å². The molecule has 142 valence electrons. The van der Waals surface area contributed by atoms with Crippen LogP contribution in [0.2, 0.25) is 0 Å². The highest BCUT2D eigenvalue weighted by atomic mass is 16.7. The third-order valence-electron chi connectivity index (χ3n) is 4.27. The third-order valence-corrected chi connectivity index (χ3v) is 4.27. The average molecular weight is 365 g/mol. The average Bonchev–Trinajstić information content (AvgIpc) is 2.70. The molecule has 0 aliphatic rings. The first-order chi connectivity index (χ1) is 13.2. The standard InChI is InChI=1S/C23H27NO3/c25-22(17-9-7-15-20-11-3-1-4-12-20)19-24-27-23(26)18-10-8-16-21-13-5-2-6-14-21/h1-6,11-14,19H,7-10,15-18H2/b24-19+. The Morgan fingerprint density at radius 3 is 1.81 bits per heavy atom. The minimum atomic E-state index is -0.392. The lowest BCUT2D eigenvalue weighted by atomic mass is 10.1. The topological polar surface area (TPSA) is 55.7 Å². The fraction of sp³-hybridized carbons (Fsp3) is 0.348. The normalized spacial score (nSPS) is 10.8. The molecule has 0 saturated heterocycles. The SMILES string of the molecule is O=C(/C=N/OC(=O)CCCCc1ccccc1)CCCCc1ccccc1. The molecule has 4 heteroatoms. The summed E-state index contributed by atoms with van der Waals surface area (Å²) in [6.45, 7) is 0. The number of aryl methyl sites for hydroxylation is 2. The number of rotatable bonds is 12. The summed E-state index contributed by atoms with van der Waals surface area (Å²) < 4.78 is 0. The summed E-state index contributed by atoms with van der Waals surface area (Å²) in [6.07, 6.45) is 7.17. The van der Waals surface area contributed by atoms with Gasteiger partial charge in [-0.2, -0.15) is 0 Å². The van der Waals surface area contributed by atoms with Crippen LogP contribution < -0.4 is 0 Å². The molecule has 0 amide bonds. The van der Waals surface area contributed by atoms with Gasteiger partial charge in [-0.1, -0.05) is 65.8 Å². The summed E-state index contributed by atoms with van der Waals surface area (Å²) in [5, 5.41) is 3.52. The van der Waals surface area contributed by atoms with Crippen molar-refractivity contribution in [2.75, 3.05) is 0 Å². The summed E-state index contributed by atoms with van der Waals surface area (Å²) in [5.74, 6) is -0.504. The van der Waals surface area contributed by atoms with Gasteiger partial charge < -0.3 is 4.84 Å². The van der Waals surface area contributed by atoms with E-state index in [1.165, 1.54) is 11.1 Å². The van der Waals surface area contributed by atoms with E-state index >= 15 is 0 Å². The maximum atomic E-state index is 11.7. The molecule has 0 aliphatic heterocycles. The number of benzene rings is 2. The molecule has 2 aromatic rings. The zero-order chi connectivity index (χ0) is 19.2. The van der Waals surface area contributed by atoms with Gasteiger partial charge in [-0.25, -0.2) is 4.79 Å². The molecule has 0 saturated carbocycles. The van der Waals surface area contributed by atoms with Crippen molar-refractivity contribution in [2.24, 2.45) is 5.16 Å². The minimum Gasteiger partial charge on any atom is -0.318 e. The zero-order valence-electron chi connectivity index (χ0n) is 15.7. The number of carbonyl (C=O) groups excluding carboxylic acids is 2. The van der Waals surface area contributed by atoms with Gasteiger partial charge in [0.1, 0.15) is 6.21 Å². The molecular weight excluding hydrogens is 338 g/mol. The fourth-order valence-electron chi connectivity index (χ4n) is 2.77. The highest BCUT2D eigenvalue weighted by Crippen LogP contribution is 2.07. The van der Waals surface area contributed by atoms with Crippen LogP contribution >= 0.6 is 0 Å². The van der Waals surface area contributed by atoms with E-state index in [-0.39, 0.29) is 5.78 Å². The van der Waals surface area contributed by atoms with Crippen LogP contribution in [0.15, 0.2) is 65.8 Å². The number of Topliss-reactive ketones (excluding diaryl/α,β-unsaturated/α-hetero) is 1. The van der Waals surface area contributed by atoms with E-state index < -0.39 is 5.97 Å². The second kappa shape index (κ2) is 12.6. The van der Waals surface area contributed by atoms with Crippen molar-refractivity contribution in [3.8, 4) is 0 Å². The molecule has 0 radical (unpaired) electrons. The molecule has 0 heterocycles. The molecular formula is C23H27NO3. The molecule has 0 aliphatic carbocycles. The largest absolute Gasteiger partial charge is 0.335 e. The van der Waals surface area contributed by atoms with Crippen LogP contribution in [-0.4, -0.2) is 18.0 Å². The zero-order valence-corrected chi connectivity index (χ0v) is 15.7. The number of ketones is 1. The van der Waals surface area contributed by atoms with Crippen molar-refractivity contribution >= 4 is 18.0 Å².